The van der Waals surface area contributed by atoms with Crippen LogP contribution in [0.2, 0.25) is 0 Å². The first-order valence-electron chi connectivity index (χ1n) is 9.80. The fourth-order valence-corrected chi connectivity index (χ4v) is 5.14. The van der Waals surface area contributed by atoms with Gasteiger partial charge in [-0.15, -0.1) is 0 Å². The number of amides is 1. The number of nitrogens with zero attached hydrogens (tertiary/aromatic N) is 2. The van der Waals surface area contributed by atoms with E-state index in [-0.39, 0.29) is 11.5 Å². The summed E-state index contributed by atoms with van der Waals surface area (Å²) >= 11 is 0. The first-order valence-corrected chi connectivity index (χ1v) is 9.80. The van der Waals surface area contributed by atoms with Crippen molar-refractivity contribution in [3.8, 4) is 0 Å². The number of carbonyl (C=O) groups excluding carboxylic acids is 1. The van der Waals surface area contributed by atoms with Gasteiger partial charge in [-0.2, -0.15) is 0 Å². The molecule has 25 heavy (non-hydrogen) atoms. The summed E-state index contributed by atoms with van der Waals surface area (Å²) in [6, 6.07) is 9.63. The van der Waals surface area contributed by atoms with Crippen molar-refractivity contribution in [1.82, 2.24) is 4.90 Å². The molecule has 1 aromatic rings. The Hall–Kier alpha value is -1.55. The fourth-order valence-electron chi connectivity index (χ4n) is 5.14. The van der Waals surface area contributed by atoms with E-state index in [1.165, 1.54) is 11.3 Å². The van der Waals surface area contributed by atoms with Crippen LogP contribution in [0, 0.1) is 18.4 Å². The van der Waals surface area contributed by atoms with Crippen molar-refractivity contribution >= 4 is 11.6 Å². The Morgan fingerprint density at radius 3 is 2.76 bits per heavy atom. The highest BCUT2D eigenvalue weighted by molar-refractivity contribution is 5.86. The number of carbonyl (C=O) groups is 1. The molecule has 2 heterocycles. The Morgan fingerprint density at radius 2 is 2.00 bits per heavy atom. The predicted octanol–water partition coefficient (Wildman–Crippen LogP) is 2.92. The lowest BCUT2D eigenvalue weighted by molar-refractivity contribution is -0.139. The van der Waals surface area contributed by atoms with E-state index in [0.29, 0.717) is 11.9 Å². The van der Waals surface area contributed by atoms with Crippen LogP contribution in [0.3, 0.4) is 0 Å². The molecule has 2 saturated heterocycles. The van der Waals surface area contributed by atoms with Crippen LogP contribution in [-0.2, 0) is 4.79 Å². The first-order chi connectivity index (χ1) is 12.1. The topological polar surface area (TPSA) is 43.8 Å². The lowest BCUT2D eigenvalue weighted by atomic mass is 9.78. The molecule has 1 radical (unpaired) electrons. The summed E-state index contributed by atoms with van der Waals surface area (Å²) in [5.74, 6) is 0.374. The number of likely N-dealkylation sites (tertiary alicyclic amines) is 1. The van der Waals surface area contributed by atoms with E-state index in [9.17, 15) is 9.90 Å². The Labute approximate surface area is 150 Å². The van der Waals surface area contributed by atoms with Crippen LogP contribution in [0.1, 0.15) is 50.5 Å². The Bertz CT molecular complexity index is 639. The minimum Gasteiger partial charge on any atom is -0.393 e. The molecule has 1 atom stereocenters. The Morgan fingerprint density at radius 1 is 1.20 bits per heavy atom. The zero-order valence-corrected chi connectivity index (χ0v) is 15.2. The van der Waals surface area contributed by atoms with Gasteiger partial charge in [-0.25, -0.2) is 0 Å². The Kier molecular flexibility index (Phi) is 4.48. The molecule has 3 fully saturated rings. The van der Waals surface area contributed by atoms with Crippen LogP contribution in [0.15, 0.2) is 18.2 Å². The number of piperidine rings is 1. The summed E-state index contributed by atoms with van der Waals surface area (Å²) in [4.78, 5) is 17.9. The lowest BCUT2D eigenvalue weighted by Gasteiger charge is -2.41. The van der Waals surface area contributed by atoms with Gasteiger partial charge in [-0.05, 0) is 75.6 Å². The molecule has 0 unspecified atom stereocenters. The smallest absolute Gasteiger partial charge is 0.230 e. The van der Waals surface area contributed by atoms with Crippen LogP contribution in [0.25, 0.3) is 0 Å². The summed E-state index contributed by atoms with van der Waals surface area (Å²) in [5.41, 5.74) is 2.30. The van der Waals surface area contributed by atoms with Crippen LogP contribution >= 0.6 is 0 Å². The van der Waals surface area contributed by atoms with Gasteiger partial charge >= 0.3 is 0 Å². The minimum absolute atomic E-state index is 0.161. The van der Waals surface area contributed by atoms with Crippen LogP contribution in [-0.4, -0.2) is 47.7 Å². The largest absolute Gasteiger partial charge is 0.393 e. The summed E-state index contributed by atoms with van der Waals surface area (Å²) in [6.07, 6.45) is 6.53. The number of benzene rings is 1. The van der Waals surface area contributed by atoms with Crippen molar-refractivity contribution < 1.29 is 9.90 Å². The van der Waals surface area contributed by atoms with Gasteiger partial charge in [0.05, 0.1) is 11.5 Å². The third-order valence-corrected chi connectivity index (χ3v) is 6.61. The number of anilines is 1. The molecular formula is C21H29N2O2. The van der Waals surface area contributed by atoms with Gasteiger partial charge in [-0.3, -0.25) is 4.79 Å². The van der Waals surface area contributed by atoms with Gasteiger partial charge in [0, 0.05) is 31.4 Å². The highest BCUT2D eigenvalue weighted by atomic mass is 16.3. The summed E-state index contributed by atoms with van der Waals surface area (Å²) in [6.45, 7) is 4.91. The van der Waals surface area contributed by atoms with Gasteiger partial charge < -0.3 is 14.9 Å². The van der Waals surface area contributed by atoms with Crippen molar-refractivity contribution in [2.24, 2.45) is 5.41 Å². The molecule has 4 rings (SSSR count). The molecule has 1 aliphatic carbocycles. The molecule has 4 heteroatoms. The van der Waals surface area contributed by atoms with E-state index >= 15 is 0 Å². The quantitative estimate of drug-likeness (QED) is 0.899. The predicted molar refractivity (Wildman–Crippen MR) is 98.5 cm³/mol. The molecule has 2 aliphatic heterocycles. The van der Waals surface area contributed by atoms with Crippen molar-refractivity contribution in [2.45, 2.75) is 64.0 Å². The number of aliphatic hydroxyl groups excluding tert-OH is 1. The second-order valence-electron chi connectivity index (χ2n) is 8.23. The van der Waals surface area contributed by atoms with E-state index in [1.807, 2.05) is 12.1 Å². The van der Waals surface area contributed by atoms with Crippen LogP contribution in [0.4, 0.5) is 5.69 Å². The maximum atomic E-state index is 13.4. The second kappa shape index (κ2) is 6.64. The molecule has 0 aromatic heterocycles. The highest BCUT2D eigenvalue weighted by Crippen LogP contribution is 2.43. The van der Waals surface area contributed by atoms with Gasteiger partial charge in [-0.1, -0.05) is 6.07 Å². The molecule has 3 aliphatic rings. The molecule has 1 spiro atoms. The molecular weight excluding hydrogens is 312 g/mol. The van der Waals surface area contributed by atoms with Crippen molar-refractivity contribution in [3.05, 3.63) is 29.8 Å². The van der Waals surface area contributed by atoms with E-state index in [0.717, 1.165) is 64.6 Å². The van der Waals surface area contributed by atoms with Crippen LogP contribution < -0.4 is 4.90 Å². The Balaban J connectivity index is 1.50. The fraction of sp³-hybridized carbons (Fsp3) is 0.667. The summed E-state index contributed by atoms with van der Waals surface area (Å²) < 4.78 is 0. The SMILES string of the molecule is Cc1c[c]ccc1N1CCC[C@@]2(CCN([C@H]3CC[C@H](O)CC3)C2=O)C1. The maximum Gasteiger partial charge on any atom is 0.230 e. The van der Waals surface area contributed by atoms with E-state index in [2.05, 4.69) is 28.9 Å². The lowest BCUT2D eigenvalue weighted by Crippen LogP contribution is -2.50. The molecule has 1 saturated carbocycles. The average molecular weight is 341 g/mol. The average Bonchev–Trinajstić information content (AvgIpc) is 2.92. The first kappa shape index (κ1) is 16.9. The molecule has 1 aromatic carbocycles. The monoisotopic (exact) mass is 341 g/mol. The molecule has 1 N–H and O–H groups in total. The van der Waals surface area contributed by atoms with Gasteiger partial charge in [0.25, 0.3) is 0 Å². The number of hydrogen-bond donors (Lipinski definition) is 1. The van der Waals surface area contributed by atoms with Crippen molar-refractivity contribution in [2.75, 3.05) is 24.5 Å². The standard InChI is InChI=1S/C21H29N2O2/c1-16-5-2-3-6-19(16)22-13-4-11-21(15-22)12-14-23(20(21)25)17-7-9-18(24)10-8-17/h3,5-6,17-18,24H,4,7-15H2,1H3/t17-,18-,21-/m1/s1. The minimum atomic E-state index is -0.194. The summed E-state index contributed by atoms with van der Waals surface area (Å²) in [7, 11) is 0. The molecule has 1 amide bonds. The van der Waals surface area contributed by atoms with Gasteiger partial charge in [0.2, 0.25) is 5.91 Å². The van der Waals surface area contributed by atoms with E-state index in [1.54, 1.807) is 0 Å². The van der Waals surface area contributed by atoms with E-state index < -0.39 is 0 Å². The summed E-state index contributed by atoms with van der Waals surface area (Å²) in [5, 5.41) is 9.75. The number of rotatable bonds is 2. The molecule has 0 bridgehead atoms. The number of hydrogen-bond acceptors (Lipinski definition) is 3. The second-order valence-corrected chi connectivity index (χ2v) is 8.23. The third kappa shape index (κ3) is 3.05. The molecule has 135 valence electrons. The maximum absolute atomic E-state index is 13.4. The normalized spacial score (nSPS) is 33.3. The molecule has 4 nitrogen and oxygen atoms in total. The zero-order valence-electron chi connectivity index (χ0n) is 15.2. The number of aliphatic hydroxyl groups is 1. The van der Waals surface area contributed by atoms with Crippen molar-refractivity contribution in [1.29, 1.82) is 0 Å². The highest BCUT2D eigenvalue weighted by Gasteiger charge is 2.50. The van der Waals surface area contributed by atoms with Gasteiger partial charge in [0.15, 0.2) is 0 Å². The van der Waals surface area contributed by atoms with Crippen molar-refractivity contribution in [3.63, 3.8) is 0 Å². The van der Waals surface area contributed by atoms with E-state index in [4.69, 9.17) is 0 Å². The van der Waals surface area contributed by atoms with Crippen LogP contribution in [0.5, 0.6) is 0 Å². The van der Waals surface area contributed by atoms with Gasteiger partial charge in [0.1, 0.15) is 0 Å². The number of aryl methyl sites for hydroxylation is 1. The third-order valence-electron chi connectivity index (χ3n) is 6.61. The zero-order chi connectivity index (χ0) is 17.4.